The van der Waals surface area contributed by atoms with Crippen LogP contribution in [0.1, 0.15) is 265 Å². The quantitative estimate of drug-likeness (QED) is 0.0367. The van der Waals surface area contributed by atoms with Gasteiger partial charge in [0.15, 0.2) is 0 Å². The predicted molar refractivity (Wildman–Crippen MR) is 290 cm³/mol. The van der Waals surface area contributed by atoms with E-state index >= 15 is 0 Å². The van der Waals surface area contributed by atoms with Crippen LogP contribution in [0.5, 0.6) is 0 Å². The lowest BCUT2D eigenvalue weighted by molar-refractivity contribution is -0.144. The second-order valence-corrected chi connectivity index (χ2v) is 21.5. The molecule has 0 fully saturated rings. The molecule has 65 heavy (non-hydrogen) atoms. The molecule has 0 spiro atoms. The molecule has 8 heteroatoms. The lowest BCUT2D eigenvalue weighted by atomic mass is 9.87. The van der Waals surface area contributed by atoms with Gasteiger partial charge >= 0.3 is 11.9 Å². The number of hydrogen-bond acceptors (Lipinski definition) is 8. The average Bonchev–Trinajstić information content (AvgIpc) is 3.30. The number of allylic oxidation sites excluding steroid dienone is 4. The Balaban J connectivity index is 4.15. The normalized spacial score (nSPS) is 12.1. The molecule has 0 aliphatic rings. The number of rotatable bonds is 53. The van der Waals surface area contributed by atoms with Crippen LogP contribution >= 0.6 is 23.5 Å². The highest BCUT2D eigenvalue weighted by Crippen LogP contribution is 2.28. The number of esters is 2. The van der Waals surface area contributed by atoms with Crippen molar-refractivity contribution < 1.29 is 24.2 Å². The fraction of sp³-hybridized carbons (Fsp3) is 0.895. The number of ether oxygens (including phenoxy) is 2. The summed E-state index contributed by atoms with van der Waals surface area (Å²) in [6, 6.07) is 0. The first-order chi connectivity index (χ1) is 31.9. The molecule has 0 aromatic heterocycles. The van der Waals surface area contributed by atoms with E-state index in [0.717, 1.165) is 113 Å². The molecule has 0 saturated heterocycles. The number of aliphatic hydroxyl groups is 1. The average molecular weight is 953 g/mol. The van der Waals surface area contributed by atoms with Gasteiger partial charge in [-0.05, 0) is 153 Å². The third kappa shape index (κ3) is 49.3. The molecule has 384 valence electrons. The minimum atomic E-state index is -0.631. The molecule has 0 aliphatic heterocycles. The number of carbonyl (C=O) groups excluding carboxylic acids is 2. The van der Waals surface area contributed by atoms with E-state index in [1.807, 2.05) is 23.5 Å². The highest BCUT2D eigenvalue weighted by atomic mass is 32.2. The molecule has 0 atom stereocenters. The Kier molecular flexibility index (Phi) is 51.6. The summed E-state index contributed by atoms with van der Waals surface area (Å²) in [5.41, 5.74) is -0.631. The zero-order valence-electron chi connectivity index (χ0n) is 43.7. The number of unbranched alkanes of at least 4 members (excludes halogenated alkanes) is 23. The van der Waals surface area contributed by atoms with Crippen LogP contribution in [0.15, 0.2) is 24.3 Å². The van der Waals surface area contributed by atoms with Crippen LogP contribution in [-0.2, 0) is 19.1 Å². The Morgan fingerprint density at radius 3 is 1.15 bits per heavy atom. The summed E-state index contributed by atoms with van der Waals surface area (Å²) in [7, 11) is 0. The Labute approximate surface area is 413 Å². The van der Waals surface area contributed by atoms with Gasteiger partial charge < -0.3 is 19.5 Å². The van der Waals surface area contributed by atoms with Crippen molar-refractivity contribution in [3.8, 4) is 0 Å². The minimum Gasteiger partial charge on any atom is -0.465 e. The van der Waals surface area contributed by atoms with Crippen LogP contribution in [0.4, 0.5) is 0 Å². The van der Waals surface area contributed by atoms with Gasteiger partial charge in [0.25, 0.3) is 0 Å². The van der Waals surface area contributed by atoms with Gasteiger partial charge in [-0.15, -0.1) is 0 Å². The highest BCUT2D eigenvalue weighted by molar-refractivity contribution is 7.99. The Morgan fingerprint density at radius 2 is 0.769 bits per heavy atom. The molecule has 0 radical (unpaired) electrons. The van der Waals surface area contributed by atoms with Gasteiger partial charge in [-0.25, -0.2) is 0 Å². The van der Waals surface area contributed by atoms with Crippen LogP contribution in [0.25, 0.3) is 0 Å². The molecule has 0 aromatic carbocycles. The summed E-state index contributed by atoms with van der Waals surface area (Å²) >= 11 is 3.67. The fourth-order valence-corrected chi connectivity index (χ4v) is 10.1. The molecule has 6 nitrogen and oxygen atoms in total. The minimum absolute atomic E-state index is 0.0567. The smallest absolute Gasteiger partial charge is 0.305 e. The van der Waals surface area contributed by atoms with E-state index in [-0.39, 0.29) is 11.9 Å². The molecule has 0 amide bonds. The molecule has 1 N–H and O–H groups in total. The van der Waals surface area contributed by atoms with Gasteiger partial charge in [-0.3, -0.25) is 9.59 Å². The largest absolute Gasteiger partial charge is 0.465 e. The van der Waals surface area contributed by atoms with Gasteiger partial charge in [0.1, 0.15) is 13.2 Å². The summed E-state index contributed by atoms with van der Waals surface area (Å²) in [4.78, 5) is 27.1. The van der Waals surface area contributed by atoms with E-state index in [9.17, 15) is 14.7 Å². The first kappa shape index (κ1) is 64.0. The number of carbonyl (C=O) groups is 2. The van der Waals surface area contributed by atoms with Gasteiger partial charge in [0.05, 0.1) is 5.60 Å². The summed E-state index contributed by atoms with van der Waals surface area (Å²) in [5.74, 6) is 3.48. The summed E-state index contributed by atoms with van der Waals surface area (Å²) < 4.78 is 11.1. The zero-order chi connectivity index (χ0) is 47.4. The molecule has 0 saturated carbocycles. The van der Waals surface area contributed by atoms with Gasteiger partial charge in [0, 0.05) is 24.3 Å². The van der Waals surface area contributed by atoms with Crippen LogP contribution in [0.2, 0.25) is 0 Å². The SMILES string of the molecule is CCCCCCCC/C=C\CCCCCCCC(=O)OCCSCCCC(O)(CCCCN(CCC)CCC)CCCSCCOC(=O)CCCCCCC/C=C\CCCCCCCC. The summed E-state index contributed by atoms with van der Waals surface area (Å²) in [5, 5.41) is 11.8. The van der Waals surface area contributed by atoms with E-state index < -0.39 is 5.60 Å². The van der Waals surface area contributed by atoms with Crippen molar-refractivity contribution in [3.05, 3.63) is 24.3 Å². The van der Waals surface area contributed by atoms with Gasteiger partial charge in [0.2, 0.25) is 0 Å². The topological polar surface area (TPSA) is 76.1 Å². The third-order valence-corrected chi connectivity index (χ3v) is 14.6. The maximum Gasteiger partial charge on any atom is 0.305 e. The summed E-state index contributed by atoms with van der Waals surface area (Å²) in [6.45, 7) is 13.5. The molecular formula is C57H109NO5S2. The highest BCUT2D eigenvalue weighted by Gasteiger charge is 2.25. The first-order valence-corrected chi connectivity index (χ1v) is 30.4. The molecular weight excluding hydrogens is 843 g/mol. The van der Waals surface area contributed by atoms with Crippen molar-refractivity contribution in [2.24, 2.45) is 0 Å². The lowest BCUT2D eigenvalue weighted by Crippen LogP contribution is -2.30. The van der Waals surface area contributed by atoms with Crippen molar-refractivity contribution in [2.75, 3.05) is 55.9 Å². The number of nitrogens with zero attached hydrogens (tertiary/aromatic N) is 1. The van der Waals surface area contributed by atoms with Gasteiger partial charge in [-0.2, -0.15) is 23.5 Å². The van der Waals surface area contributed by atoms with Crippen molar-refractivity contribution in [1.82, 2.24) is 4.90 Å². The van der Waals surface area contributed by atoms with Crippen molar-refractivity contribution in [1.29, 1.82) is 0 Å². The molecule has 0 bridgehead atoms. The van der Waals surface area contributed by atoms with Gasteiger partial charge in [-0.1, -0.05) is 155 Å². The van der Waals surface area contributed by atoms with Crippen LogP contribution in [0, 0.1) is 0 Å². The molecule has 0 aromatic rings. The second-order valence-electron chi connectivity index (χ2n) is 19.1. The lowest BCUT2D eigenvalue weighted by Gasteiger charge is -2.29. The van der Waals surface area contributed by atoms with Crippen LogP contribution in [-0.4, -0.2) is 83.4 Å². The monoisotopic (exact) mass is 952 g/mol. The van der Waals surface area contributed by atoms with Crippen molar-refractivity contribution in [3.63, 3.8) is 0 Å². The Morgan fingerprint density at radius 1 is 0.415 bits per heavy atom. The Hall–Kier alpha value is -0.960. The Bertz CT molecular complexity index is 982. The van der Waals surface area contributed by atoms with E-state index in [1.165, 1.54) is 154 Å². The van der Waals surface area contributed by atoms with Crippen LogP contribution < -0.4 is 0 Å². The van der Waals surface area contributed by atoms with E-state index in [2.05, 4.69) is 56.9 Å². The van der Waals surface area contributed by atoms with Crippen molar-refractivity contribution in [2.45, 2.75) is 271 Å². The second kappa shape index (κ2) is 52.4. The fourth-order valence-electron chi connectivity index (χ4n) is 8.60. The zero-order valence-corrected chi connectivity index (χ0v) is 45.3. The first-order valence-electron chi connectivity index (χ1n) is 28.1. The van der Waals surface area contributed by atoms with E-state index in [0.29, 0.717) is 26.1 Å². The maximum atomic E-state index is 12.3. The molecule has 0 rings (SSSR count). The molecule has 0 heterocycles. The number of thioether (sulfide) groups is 2. The van der Waals surface area contributed by atoms with E-state index in [4.69, 9.17) is 9.47 Å². The molecule has 0 aliphatic carbocycles. The number of hydrogen-bond donors (Lipinski definition) is 1. The van der Waals surface area contributed by atoms with Crippen LogP contribution in [0.3, 0.4) is 0 Å². The summed E-state index contributed by atoms with van der Waals surface area (Å²) in [6.07, 6.45) is 52.3. The van der Waals surface area contributed by atoms with Crippen molar-refractivity contribution >= 4 is 35.5 Å². The molecule has 0 unspecified atom stereocenters. The predicted octanol–water partition coefficient (Wildman–Crippen LogP) is 17.2. The maximum absolute atomic E-state index is 12.3. The third-order valence-electron chi connectivity index (χ3n) is 12.6. The standard InChI is InChI=1S/C57H109NO5S2/c1-5-9-11-13-15-17-19-21-23-25-27-29-31-33-35-41-55(59)62-49-53-64-51-39-44-57(61,43-37-38-48-58(46-7-3)47-8-4)45-40-52-65-54-50-63-56(60)42-36-34-32-30-28-26-24-22-20-18-16-14-12-10-6-2/h21-24,61H,5-20,25-54H2,1-4H3/b23-21-,24-22-. The van der Waals surface area contributed by atoms with E-state index in [1.54, 1.807) is 0 Å².